The molecule has 0 unspecified atom stereocenters. The van der Waals surface area contributed by atoms with Gasteiger partial charge in [-0.3, -0.25) is 9.59 Å². The lowest BCUT2D eigenvalue weighted by Crippen LogP contribution is -2.68. The van der Waals surface area contributed by atoms with E-state index in [1.165, 1.54) is 6.92 Å². The topological polar surface area (TPSA) is 89.9 Å². The molecule has 1 aliphatic heterocycles. The second kappa shape index (κ2) is 8.56. The van der Waals surface area contributed by atoms with Gasteiger partial charge in [-0.1, -0.05) is 24.0 Å². The van der Waals surface area contributed by atoms with E-state index in [1.54, 1.807) is 18.7 Å². The van der Waals surface area contributed by atoms with Gasteiger partial charge in [-0.15, -0.1) is 0 Å². The first kappa shape index (κ1) is 21.4. The fourth-order valence-electron chi connectivity index (χ4n) is 3.92. The molecule has 2 aliphatic rings. The molecule has 0 aromatic heterocycles. The number of amides is 2. The molecule has 0 bridgehead atoms. The van der Waals surface area contributed by atoms with Crippen molar-refractivity contribution in [2.24, 2.45) is 5.92 Å². The molecule has 2 amide bonds. The van der Waals surface area contributed by atoms with Gasteiger partial charge in [0.1, 0.15) is 5.60 Å². The maximum Gasteiger partial charge on any atom is 0.223 e. The minimum Gasteiger partial charge on any atom is -0.394 e. The largest absolute Gasteiger partial charge is 0.394 e. The van der Waals surface area contributed by atoms with Crippen LogP contribution in [0.5, 0.6) is 0 Å². The number of aliphatic hydroxyl groups is 2. The summed E-state index contributed by atoms with van der Waals surface area (Å²) in [5, 5.41) is 22.6. The molecule has 1 saturated heterocycles. The number of nitrogens with zero attached hydrogens (tertiary/aromatic N) is 1. The zero-order valence-electron chi connectivity index (χ0n) is 17.3. The number of hydrogen-bond acceptors (Lipinski definition) is 4. The summed E-state index contributed by atoms with van der Waals surface area (Å²) in [6, 6.07) is 7.21. The Kier molecular flexibility index (Phi) is 6.30. The smallest absolute Gasteiger partial charge is 0.223 e. The van der Waals surface area contributed by atoms with Crippen LogP contribution in [0.4, 0.5) is 0 Å². The van der Waals surface area contributed by atoms with E-state index in [4.69, 9.17) is 0 Å². The van der Waals surface area contributed by atoms with E-state index in [0.717, 1.165) is 24.0 Å². The van der Waals surface area contributed by atoms with Crippen LogP contribution < -0.4 is 5.32 Å². The Hall–Kier alpha value is -2.36. The molecule has 1 aliphatic carbocycles. The van der Waals surface area contributed by atoms with Crippen molar-refractivity contribution in [3.63, 3.8) is 0 Å². The molecule has 0 spiro atoms. The van der Waals surface area contributed by atoms with Crippen LogP contribution in [-0.4, -0.2) is 57.8 Å². The molecule has 6 heteroatoms. The van der Waals surface area contributed by atoms with Crippen LogP contribution in [0.2, 0.25) is 0 Å². The number of likely N-dealkylation sites (tertiary alicyclic amines) is 1. The van der Waals surface area contributed by atoms with Crippen LogP contribution in [0.3, 0.4) is 0 Å². The van der Waals surface area contributed by atoms with Crippen LogP contribution >= 0.6 is 0 Å². The summed E-state index contributed by atoms with van der Waals surface area (Å²) in [5.41, 5.74) is 0.736. The number of carbonyl (C=O) groups excluding carboxylic acids is 2. The third kappa shape index (κ3) is 5.37. The molecule has 156 valence electrons. The van der Waals surface area contributed by atoms with E-state index >= 15 is 0 Å². The standard InChI is InChI=1S/C23H30N2O4/c1-15(27)24-13-19-22(20(14-26)25(19)21(28)12-17-4-5-17)18-8-6-16(7-9-18)10-11-23(2,3)29/h6-9,17,19-20,22,26,29H,4-5,12-14H2,1-3H3,(H,24,27)/t19-,20+,22+/m0/s1. The number of carbonyl (C=O) groups is 2. The Morgan fingerprint density at radius 3 is 2.38 bits per heavy atom. The van der Waals surface area contributed by atoms with Crippen molar-refractivity contribution in [3.8, 4) is 11.8 Å². The summed E-state index contributed by atoms with van der Waals surface area (Å²) < 4.78 is 0. The molecule has 1 saturated carbocycles. The second-order valence-corrected chi connectivity index (χ2v) is 8.66. The number of aliphatic hydroxyl groups excluding tert-OH is 1. The number of benzene rings is 1. The van der Waals surface area contributed by atoms with Gasteiger partial charge in [-0.25, -0.2) is 0 Å². The molecule has 0 radical (unpaired) electrons. The monoisotopic (exact) mass is 398 g/mol. The average molecular weight is 399 g/mol. The molecular formula is C23H30N2O4. The van der Waals surface area contributed by atoms with Crippen molar-refractivity contribution >= 4 is 11.8 Å². The Labute approximate surface area is 172 Å². The van der Waals surface area contributed by atoms with E-state index in [9.17, 15) is 19.8 Å². The molecular weight excluding hydrogens is 368 g/mol. The Balaban J connectivity index is 1.79. The van der Waals surface area contributed by atoms with Gasteiger partial charge in [-0.2, -0.15) is 0 Å². The fourth-order valence-corrected chi connectivity index (χ4v) is 3.92. The maximum absolute atomic E-state index is 12.8. The number of nitrogens with one attached hydrogen (secondary N) is 1. The Bertz CT molecular complexity index is 812. The summed E-state index contributed by atoms with van der Waals surface area (Å²) in [7, 11) is 0. The number of rotatable bonds is 6. The molecule has 3 atom stereocenters. The van der Waals surface area contributed by atoms with Crippen LogP contribution in [0, 0.1) is 17.8 Å². The highest BCUT2D eigenvalue weighted by Crippen LogP contribution is 2.42. The lowest BCUT2D eigenvalue weighted by molar-refractivity contribution is -0.151. The predicted octanol–water partition coefficient (Wildman–Crippen LogP) is 1.40. The lowest BCUT2D eigenvalue weighted by Gasteiger charge is -2.55. The van der Waals surface area contributed by atoms with Crippen LogP contribution in [0.25, 0.3) is 0 Å². The molecule has 6 nitrogen and oxygen atoms in total. The van der Waals surface area contributed by atoms with E-state index in [1.807, 2.05) is 24.3 Å². The molecule has 1 aromatic carbocycles. The first-order valence-corrected chi connectivity index (χ1v) is 10.2. The molecule has 3 N–H and O–H groups in total. The van der Waals surface area contributed by atoms with Crippen molar-refractivity contribution in [1.29, 1.82) is 0 Å². The summed E-state index contributed by atoms with van der Waals surface area (Å²) in [5.74, 6) is 6.08. The van der Waals surface area contributed by atoms with Gasteiger partial charge < -0.3 is 20.4 Å². The van der Waals surface area contributed by atoms with Gasteiger partial charge in [0, 0.05) is 31.4 Å². The third-order valence-electron chi connectivity index (χ3n) is 5.55. The first-order valence-electron chi connectivity index (χ1n) is 10.2. The van der Waals surface area contributed by atoms with Gasteiger partial charge in [0.05, 0.1) is 18.7 Å². The highest BCUT2D eigenvalue weighted by atomic mass is 16.3. The van der Waals surface area contributed by atoms with Gasteiger partial charge >= 0.3 is 0 Å². The summed E-state index contributed by atoms with van der Waals surface area (Å²) in [6.45, 7) is 4.98. The lowest BCUT2D eigenvalue weighted by atomic mass is 9.74. The van der Waals surface area contributed by atoms with Crippen LogP contribution in [0.15, 0.2) is 24.3 Å². The minimum atomic E-state index is -1.06. The van der Waals surface area contributed by atoms with Crippen molar-refractivity contribution < 1.29 is 19.8 Å². The van der Waals surface area contributed by atoms with Crippen LogP contribution in [-0.2, 0) is 9.59 Å². The summed E-state index contributed by atoms with van der Waals surface area (Å²) in [4.78, 5) is 26.0. The van der Waals surface area contributed by atoms with E-state index in [2.05, 4.69) is 17.2 Å². The SMILES string of the molecule is CC(=O)NC[C@H]1[C@@H](c2ccc(C#CC(C)(C)O)cc2)[C@@H](CO)N1C(=O)CC1CC1. The zero-order chi connectivity index (χ0) is 21.2. The summed E-state index contributed by atoms with van der Waals surface area (Å²) in [6.07, 6.45) is 2.71. The quantitative estimate of drug-likeness (QED) is 0.632. The zero-order valence-corrected chi connectivity index (χ0v) is 17.3. The molecule has 1 aromatic rings. The predicted molar refractivity (Wildman–Crippen MR) is 110 cm³/mol. The van der Waals surface area contributed by atoms with Gasteiger partial charge in [0.2, 0.25) is 11.8 Å². The van der Waals surface area contributed by atoms with E-state index < -0.39 is 5.60 Å². The normalized spacial score (nSPS) is 23.6. The third-order valence-corrected chi connectivity index (χ3v) is 5.55. The highest BCUT2D eigenvalue weighted by molar-refractivity contribution is 5.79. The summed E-state index contributed by atoms with van der Waals surface area (Å²) >= 11 is 0. The Morgan fingerprint density at radius 2 is 1.86 bits per heavy atom. The van der Waals surface area contributed by atoms with Crippen molar-refractivity contribution in [2.75, 3.05) is 13.2 Å². The molecule has 3 rings (SSSR count). The molecule has 2 fully saturated rings. The van der Waals surface area contributed by atoms with E-state index in [-0.39, 0.29) is 36.4 Å². The maximum atomic E-state index is 12.8. The fraction of sp³-hybridized carbons (Fsp3) is 0.565. The number of hydrogen-bond donors (Lipinski definition) is 3. The second-order valence-electron chi connectivity index (χ2n) is 8.66. The van der Waals surface area contributed by atoms with Crippen molar-refractivity contribution in [1.82, 2.24) is 10.2 Å². The van der Waals surface area contributed by atoms with Crippen molar-refractivity contribution in [2.45, 2.75) is 63.6 Å². The van der Waals surface area contributed by atoms with Gasteiger partial charge in [0.15, 0.2) is 0 Å². The first-order chi connectivity index (χ1) is 13.7. The van der Waals surface area contributed by atoms with Crippen molar-refractivity contribution in [3.05, 3.63) is 35.4 Å². The van der Waals surface area contributed by atoms with Crippen LogP contribution in [0.1, 0.15) is 57.1 Å². The molecule has 29 heavy (non-hydrogen) atoms. The Morgan fingerprint density at radius 1 is 1.21 bits per heavy atom. The minimum absolute atomic E-state index is 0.0497. The van der Waals surface area contributed by atoms with Gasteiger partial charge in [-0.05, 0) is 50.3 Å². The highest BCUT2D eigenvalue weighted by Gasteiger charge is 2.51. The van der Waals surface area contributed by atoms with E-state index in [0.29, 0.717) is 18.9 Å². The average Bonchev–Trinajstić information content (AvgIpc) is 3.43. The molecule has 1 heterocycles. The van der Waals surface area contributed by atoms with Gasteiger partial charge in [0.25, 0.3) is 0 Å².